The number of rotatable bonds is 7. The number of ether oxygens (including phenoxy) is 1. The topological polar surface area (TPSA) is 89.4 Å². The van der Waals surface area contributed by atoms with E-state index in [-0.39, 0.29) is 12.3 Å². The van der Waals surface area contributed by atoms with Gasteiger partial charge in [-0.2, -0.15) is 0 Å². The lowest BCUT2D eigenvalue weighted by Crippen LogP contribution is -2.37. The standard InChI is InChI=1S/C21H25N3O4S/c1-15-20(18-6-4-5-7-19(18)24(15)2)29(26,27)13-12-22-21(25)23-14-16-8-10-17(28-3)11-9-16/h4-11H,12-14H2,1-3H3,(H2,22,23,25). The molecule has 0 spiro atoms. The number of nitrogens with zero attached hydrogens (tertiary/aromatic N) is 1. The van der Waals surface area contributed by atoms with Crippen LogP contribution in [-0.4, -0.2) is 38.4 Å². The van der Waals surface area contributed by atoms with Crippen LogP contribution in [0.2, 0.25) is 0 Å². The van der Waals surface area contributed by atoms with Gasteiger partial charge in [0.1, 0.15) is 5.75 Å². The number of fused-ring (bicyclic) bond motifs is 1. The third kappa shape index (κ3) is 4.54. The molecule has 0 radical (unpaired) electrons. The van der Waals surface area contributed by atoms with E-state index in [0.717, 1.165) is 16.8 Å². The van der Waals surface area contributed by atoms with Gasteiger partial charge in [0.25, 0.3) is 0 Å². The molecule has 0 bridgehead atoms. The van der Waals surface area contributed by atoms with E-state index in [9.17, 15) is 13.2 Å². The molecule has 0 aliphatic carbocycles. The van der Waals surface area contributed by atoms with Gasteiger partial charge in [0.05, 0.1) is 17.8 Å². The zero-order chi connectivity index (χ0) is 21.0. The maximum atomic E-state index is 12.9. The molecule has 2 N–H and O–H groups in total. The van der Waals surface area contributed by atoms with Crippen molar-refractivity contribution in [3.8, 4) is 5.75 Å². The Hall–Kier alpha value is -3.00. The zero-order valence-corrected chi connectivity index (χ0v) is 17.5. The van der Waals surface area contributed by atoms with Crippen LogP contribution in [0, 0.1) is 6.92 Å². The summed E-state index contributed by atoms with van der Waals surface area (Å²) in [6.45, 7) is 2.16. The number of carbonyl (C=O) groups is 1. The Kier molecular flexibility index (Phi) is 6.12. The van der Waals surface area contributed by atoms with Gasteiger partial charge in [0.15, 0.2) is 9.84 Å². The van der Waals surface area contributed by atoms with Crippen molar-refractivity contribution in [3.63, 3.8) is 0 Å². The number of nitrogens with one attached hydrogen (secondary N) is 2. The molecule has 0 fully saturated rings. The molecule has 3 aromatic rings. The first-order chi connectivity index (χ1) is 13.8. The fraction of sp³-hybridized carbons (Fsp3) is 0.286. The minimum absolute atomic E-state index is 0.0272. The van der Waals surface area contributed by atoms with E-state index in [1.807, 2.05) is 60.1 Å². The van der Waals surface area contributed by atoms with Gasteiger partial charge in [-0.15, -0.1) is 0 Å². The molecule has 2 aromatic carbocycles. The quantitative estimate of drug-likeness (QED) is 0.621. The number of amides is 2. The number of para-hydroxylation sites is 1. The maximum Gasteiger partial charge on any atom is 0.315 e. The second-order valence-corrected chi connectivity index (χ2v) is 8.81. The molecule has 0 unspecified atom stereocenters. The van der Waals surface area contributed by atoms with Crippen LogP contribution in [0.25, 0.3) is 10.9 Å². The van der Waals surface area contributed by atoms with Crippen LogP contribution in [0.1, 0.15) is 11.3 Å². The van der Waals surface area contributed by atoms with Crippen molar-refractivity contribution in [2.24, 2.45) is 7.05 Å². The van der Waals surface area contributed by atoms with E-state index in [2.05, 4.69) is 10.6 Å². The van der Waals surface area contributed by atoms with E-state index in [1.165, 1.54) is 0 Å². The molecule has 2 amide bonds. The largest absolute Gasteiger partial charge is 0.497 e. The van der Waals surface area contributed by atoms with Crippen LogP contribution < -0.4 is 15.4 Å². The van der Waals surface area contributed by atoms with Gasteiger partial charge in [0.2, 0.25) is 0 Å². The Labute approximate surface area is 170 Å². The van der Waals surface area contributed by atoms with Crippen molar-refractivity contribution in [1.82, 2.24) is 15.2 Å². The number of carbonyl (C=O) groups excluding carboxylic acids is 1. The number of hydrogen-bond acceptors (Lipinski definition) is 4. The summed E-state index contributed by atoms with van der Waals surface area (Å²) in [4.78, 5) is 12.3. The highest BCUT2D eigenvalue weighted by molar-refractivity contribution is 7.91. The first-order valence-electron chi connectivity index (χ1n) is 9.25. The zero-order valence-electron chi connectivity index (χ0n) is 16.7. The fourth-order valence-electron chi connectivity index (χ4n) is 3.27. The Morgan fingerprint density at radius 1 is 1.07 bits per heavy atom. The second-order valence-electron chi connectivity index (χ2n) is 6.77. The van der Waals surface area contributed by atoms with Gasteiger partial charge in [0, 0.05) is 36.7 Å². The lowest BCUT2D eigenvalue weighted by atomic mass is 10.2. The van der Waals surface area contributed by atoms with E-state index < -0.39 is 15.9 Å². The maximum absolute atomic E-state index is 12.9. The van der Waals surface area contributed by atoms with Crippen molar-refractivity contribution in [1.29, 1.82) is 0 Å². The molecule has 3 rings (SSSR count). The van der Waals surface area contributed by atoms with Crippen LogP contribution in [0.5, 0.6) is 5.75 Å². The van der Waals surface area contributed by atoms with Crippen LogP contribution in [0.4, 0.5) is 4.79 Å². The molecular formula is C21H25N3O4S. The summed E-state index contributed by atoms with van der Waals surface area (Å²) in [5, 5.41) is 6.04. The van der Waals surface area contributed by atoms with Crippen molar-refractivity contribution >= 4 is 26.8 Å². The summed E-state index contributed by atoms with van der Waals surface area (Å²) in [7, 11) is -0.104. The first-order valence-corrected chi connectivity index (χ1v) is 10.9. The molecule has 29 heavy (non-hydrogen) atoms. The Balaban J connectivity index is 1.58. The third-order valence-corrected chi connectivity index (χ3v) is 6.80. The summed E-state index contributed by atoms with van der Waals surface area (Å²) in [5.74, 6) is 0.574. The monoisotopic (exact) mass is 415 g/mol. The normalized spacial score (nSPS) is 11.4. The molecule has 7 nitrogen and oxygen atoms in total. The smallest absolute Gasteiger partial charge is 0.315 e. The average molecular weight is 416 g/mol. The van der Waals surface area contributed by atoms with Crippen LogP contribution in [0.3, 0.4) is 0 Å². The Bertz CT molecular complexity index is 1120. The Morgan fingerprint density at radius 2 is 1.76 bits per heavy atom. The molecule has 1 aromatic heterocycles. The van der Waals surface area contributed by atoms with Crippen LogP contribution >= 0.6 is 0 Å². The highest BCUT2D eigenvalue weighted by Gasteiger charge is 2.23. The van der Waals surface area contributed by atoms with Crippen molar-refractivity contribution in [3.05, 3.63) is 59.8 Å². The van der Waals surface area contributed by atoms with E-state index >= 15 is 0 Å². The molecule has 0 atom stereocenters. The molecule has 0 aliphatic heterocycles. The number of sulfone groups is 1. The van der Waals surface area contributed by atoms with Crippen molar-refractivity contribution in [2.45, 2.75) is 18.4 Å². The number of hydrogen-bond donors (Lipinski definition) is 2. The number of methoxy groups -OCH3 is 1. The number of aryl methyl sites for hydroxylation is 1. The highest BCUT2D eigenvalue weighted by Crippen LogP contribution is 2.29. The van der Waals surface area contributed by atoms with Crippen LogP contribution in [-0.2, 0) is 23.4 Å². The van der Waals surface area contributed by atoms with Gasteiger partial charge in [-0.25, -0.2) is 13.2 Å². The van der Waals surface area contributed by atoms with E-state index in [4.69, 9.17) is 4.74 Å². The van der Waals surface area contributed by atoms with Gasteiger partial charge < -0.3 is 19.9 Å². The van der Waals surface area contributed by atoms with Gasteiger partial charge in [-0.1, -0.05) is 30.3 Å². The summed E-state index contributed by atoms with van der Waals surface area (Å²) >= 11 is 0. The predicted molar refractivity (Wildman–Crippen MR) is 113 cm³/mol. The molecule has 0 saturated heterocycles. The lowest BCUT2D eigenvalue weighted by Gasteiger charge is -2.09. The van der Waals surface area contributed by atoms with Crippen molar-refractivity contribution < 1.29 is 17.9 Å². The number of aromatic nitrogens is 1. The highest BCUT2D eigenvalue weighted by atomic mass is 32.2. The molecule has 154 valence electrons. The summed E-state index contributed by atoms with van der Waals surface area (Å²) in [5.41, 5.74) is 2.48. The lowest BCUT2D eigenvalue weighted by molar-refractivity contribution is 0.241. The van der Waals surface area contributed by atoms with Crippen LogP contribution in [0.15, 0.2) is 53.4 Å². The SMILES string of the molecule is COc1ccc(CNC(=O)NCCS(=O)(=O)c2c(C)n(C)c3ccccc23)cc1. The molecule has 0 aliphatic rings. The third-order valence-electron chi connectivity index (χ3n) is 4.92. The summed E-state index contributed by atoms with van der Waals surface area (Å²) in [6, 6.07) is 14.3. The molecule has 0 saturated carbocycles. The van der Waals surface area contributed by atoms with Gasteiger partial charge in [-0.05, 0) is 30.7 Å². The van der Waals surface area contributed by atoms with Crippen molar-refractivity contribution in [2.75, 3.05) is 19.4 Å². The second kappa shape index (κ2) is 8.57. The molecule has 8 heteroatoms. The molecular weight excluding hydrogens is 390 g/mol. The van der Waals surface area contributed by atoms with E-state index in [1.54, 1.807) is 14.0 Å². The summed E-state index contributed by atoms with van der Waals surface area (Å²) < 4.78 is 32.8. The molecule has 1 heterocycles. The minimum Gasteiger partial charge on any atom is -0.497 e. The minimum atomic E-state index is -3.54. The van der Waals surface area contributed by atoms with Gasteiger partial charge >= 0.3 is 6.03 Å². The fourth-order valence-corrected chi connectivity index (χ4v) is 4.94. The van der Waals surface area contributed by atoms with Gasteiger partial charge in [-0.3, -0.25) is 0 Å². The first kappa shape index (κ1) is 20.7. The number of benzene rings is 2. The predicted octanol–water partition coefficient (Wildman–Crippen LogP) is 2.77. The number of urea groups is 1. The summed E-state index contributed by atoms with van der Waals surface area (Å²) in [6.07, 6.45) is 0. The van der Waals surface area contributed by atoms with E-state index in [0.29, 0.717) is 22.5 Å². The Morgan fingerprint density at radius 3 is 2.45 bits per heavy atom. The average Bonchev–Trinajstić information content (AvgIpc) is 2.98.